The van der Waals surface area contributed by atoms with Gasteiger partial charge >= 0.3 is 0 Å². The highest BCUT2D eigenvalue weighted by Crippen LogP contribution is 2.11. The van der Waals surface area contributed by atoms with Crippen LogP contribution in [0.15, 0.2) is 0 Å². The number of piperidine rings is 1. The summed E-state index contributed by atoms with van der Waals surface area (Å²) in [5, 5.41) is 15.7. The van der Waals surface area contributed by atoms with Crippen LogP contribution >= 0.6 is 0 Å². The third kappa shape index (κ3) is 1.81. The first kappa shape index (κ1) is 8.29. The van der Waals surface area contributed by atoms with Gasteiger partial charge < -0.3 is 10.6 Å². The van der Waals surface area contributed by atoms with Crippen molar-refractivity contribution in [1.82, 2.24) is 10.4 Å². The van der Waals surface area contributed by atoms with Crippen LogP contribution in [0, 0.1) is 5.41 Å². The highest BCUT2D eigenvalue weighted by Gasteiger charge is 2.20. The number of rotatable bonds is 0. The van der Waals surface area contributed by atoms with Crippen LogP contribution in [0.1, 0.15) is 19.3 Å². The molecule has 0 radical (unpaired) electrons. The molecule has 0 aromatic heterocycles. The smallest absolute Gasteiger partial charge is 0.216 e. The Labute approximate surface area is 65.6 Å². The fraction of sp³-hybridized carbons (Fsp3) is 0.833. The lowest BCUT2D eigenvalue weighted by Crippen LogP contribution is -2.52. The summed E-state index contributed by atoms with van der Waals surface area (Å²) in [6, 6.07) is 0. The number of nitrogens with zero attached hydrogens (tertiary/aromatic N) is 1. The van der Waals surface area contributed by atoms with E-state index in [1.165, 1.54) is 0 Å². The Kier molecular flexibility index (Phi) is 2.67. The third-order valence-corrected chi connectivity index (χ3v) is 1.94. The zero-order chi connectivity index (χ0) is 8.27. The molecule has 0 aromatic rings. The van der Waals surface area contributed by atoms with Crippen LogP contribution in [0.3, 0.4) is 0 Å². The SMILES string of the molecule is N=C(NO)N1CCCCC1N. The first-order valence-electron chi connectivity index (χ1n) is 3.76. The van der Waals surface area contributed by atoms with Crippen molar-refractivity contribution in [2.24, 2.45) is 5.73 Å². The fourth-order valence-electron chi connectivity index (χ4n) is 1.30. The van der Waals surface area contributed by atoms with Gasteiger partial charge in [-0.3, -0.25) is 10.6 Å². The van der Waals surface area contributed by atoms with Crippen molar-refractivity contribution in [3.05, 3.63) is 0 Å². The van der Waals surface area contributed by atoms with E-state index in [2.05, 4.69) is 0 Å². The molecule has 1 atom stereocenters. The molecule has 0 spiro atoms. The largest absolute Gasteiger partial charge is 0.326 e. The van der Waals surface area contributed by atoms with Gasteiger partial charge in [-0.1, -0.05) is 0 Å². The highest BCUT2D eigenvalue weighted by molar-refractivity contribution is 5.75. The minimum Gasteiger partial charge on any atom is -0.326 e. The maximum atomic E-state index is 8.43. The van der Waals surface area contributed by atoms with Crippen LogP contribution in [-0.2, 0) is 0 Å². The normalized spacial score (nSPS) is 24.9. The van der Waals surface area contributed by atoms with Gasteiger partial charge in [0, 0.05) is 6.54 Å². The molecular weight excluding hydrogens is 144 g/mol. The maximum absolute atomic E-state index is 8.43. The standard InChI is InChI=1S/C6H14N4O/c7-5-3-1-2-4-10(5)6(8)9-11/h5,11H,1-4,7H2,(H2,8,9). The molecule has 1 saturated heterocycles. The Hall–Kier alpha value is -0.810. The van der Waals surface area contributed by atoms with E-state index in [1.54, 1.807) is 10.4 Å². The van der Waals surface area contributed by atoms with Crippen LogP contribution in [0.4, 0.5) is 0 Å². The van der Waals surface area contributed by atoms with E-state index in [0.29, 0.717) is 0 Å². The lowest BCUT2D eigenvalue weighted by molar-refractivity contribution is 0.175. The van der Waals surface area contributed by atoms with E-state index >= 15 is 0 Å². The highest BCUT2D eigenvalue weighted by atomic mass is 16.5. The van der Waals surface area contributed by atoms with Gasteiger partial charge in [0.05, 0.1) is 6.17 Å². The topological polar surface area (TPSA) is 85.4 Å². The molecule has 0 aromatic carbocycles. The second-order valence-corrected chi connectivity index (χ2v) is 2.72. The monoisotopic (exact) mass is 158 g/mol. The molecule has 5 nitrogen and oxygen atoms in total. The van der Waals surface area contributed by atoms with Gasteiger partial charge in [0.1, 0.15) is 0 Å². The molecule has 64 valence electrons. The number of likely N-dealkylation sites (tertiary alicyclic amines) is 1. The summed E-state index contributed by atoms with van der Waals surface area (Å²) in [6.45, 7) is 0.758. The zero-order valence-electron chi connectivity index (χ0n) is 6.38. The van der Waals surface area contributed by atoms with Crippen LogP contribution in [0.25, 0.3) is 0 Å². The number of guanidine groups is 1. The molecule has 1 fully saturated rings. The van der Waals surface area contributed by atoms with Crippen LogP contribution < -0.4 is 11.2 Å². The molecule has 1 aliphatic rings. The molecule has 0 aliphatic carbocycles. The zero-order valence-corrected chi connectivity index (χ0v) is 6.38. The van der Waals surface area contributed by atoms with Crippen molar-refractivity contribution in [1.29, 1.82) is 5.41 Å². The van der Waals surface area contributed by atoms with Crippen molar-refractivity contribution >= 4 is 5.96 Å². The second-order valence-electron chi connectivity index (χ2n) is 2.72. The maximum Gasteiger partial charge on any atom is 0.216 e. The summed E-state index contributed by atoms with van der Waals surface area (Å²) in [6.07, 6.45) is 2.92. The van der Waals surface area contributed by atoms with E-state index in [4.69, 9.17) is 16.4 Å². The minimum absolute atomic E-state index is 0.00259. The fourth-order valence-corrected chi connectivity index (χ4v) is 1.30. The molecule has 11 heavy (non-hydrogen) atoms. The molecule has 0 saturated carbocycles. The number of hydrogen-bond acceptors (Lipinski definition) is 3. The average molecular weight is 158 g/mol. The van der Waals surface area contributed by atoms with Crippen molar-refractivity contribution in [3.63, 3.8) is 0 Å². The summed E-state index contributed by atoms with van der Waals surface area (Å²) in [5.74, 6) is -0.00259. The number of hydrogen-bond donors (Lipinski definition) is 4. The van der Waals surface area contributed by atoms with E-state index in [0.717, 1.165) is 25.8 Å². The lowest BCUT2D eigenvalue weighted by Gasteiger charge is -2.33. The molecule has 1 rings (SSSR count). The predicted octanol–water partition coefficient (Wildman–Crippen LogP) is -0.329. The Morgan fingerprint density at radius 2 is 2.36 bits per heavy atom. The summed E-state index contributed by atoms with van der Waals surface area (Å²) >= 11 is 0. The van der Waals surface area contributed by atoms with E-state index in [9.17, 15) is 0 Å². The van der Waals surface area contributed by atoms with E-state index in [-0.39, 0.29) is 12.1 Å². The van der Waals surface area contributed by atoms with Crippen LogP contribution in [-0.4, -0.2) is 28.8 Å². The van der Waals surface area contributed by atoms with Gasteiger partial charge in [-0.05, 0) is 19.3 Å². The number of nitrogens with two attached hydrogens (primary N) is 1. The minimum atomic E-state index is -0.115. The summed E-state index contributed by atoms with van der Waals surface area (Å²) < 4.78 is 0. The Bertz CT molecular complexity index is 150. The van der Waals surface area contributed by atoms with E-state index < -0.39 is 0 Å². The lowest BCUT2D eigenvalue weighted by atomic mass is 10.1. The number of nitrogens with one attached hydrogen (secondary N) is 2. The van der Waals surface area contributed by atoms with Crippen molar-refractivity contribution in [3.8, 4) is 0 Å². The Morgan fingerprint density at radius 3 is 2.91 bits per heavy atom. The molecular formula is C6H14N4O. The summed E-state index contributed by atoms with van der Waals surface area (Å²) in [4.78, 5) is 1.66. The van der Waals surface area contributed by atoms with Gasteiger partial charge in [0.25, 0.3) is 0 Å². The van der Waals surface area contributed by atoms with E-state index in [1.807, 2.05) is 0 Å². The molecule has 0 amide bonds. The predicted molar refractivity (Wildman–Crippen MR) is 41.2 cm³/mol. The molecule has 1 heterocycles. The molecule has 1 aliphatic heterocycles. The second kappa shape index (κ2) is 3.54. The van der Waals surface area contributed by atoms with Crippen molar-refractivity contribution in [2.45, 2.75) is 25.4 Å². The third-order valence-electron chi connectivity index (χ3n) is 1.94. The van der Waals surface area contributed by atoms with Gasteiger partial charge in [0.15, 0.2) is 0 Å². The van der Waals surface area contributed by atoms with Gasteiger partial charge in [-0.2, -0.15) is 0 Å². The first-order valence-corrected chi connectivity index (χ1v) is 3.76. The summed E-state index contributed by atoms with van der Waals surface area (Å²) in [5.41, 5.74) is 7.48. The quantitative estimate of drug-likeness (QED) is 0.221. The van der Waals surface area contributed by atoms with Gasteiger partial charge in [0.2, 0.25) is 5.96 Å². The van der Waals surface area contributed by atoms with Crippen LogP contribution in [0.2, 0.25) is 0 Å². The molecule has 5 N–H and O–H groups in total. The Morgan fingerprint density at radius 1 is 1.64 bits per heavy atom. The molecule has 1 unspecified atom stereocenters. The molecule has 0 bridgehead atoms. The van der Waals surface area contributed by atoms with Gasteiger partial charge in [-0.25, -0.2) is 5.48 Å². The van der Waals surface area contributed by atoms with Crippen molar-refractivity contribution < 1.29 is 5.21 Å². The Balaban J connectivity index is 2.47. The van der Waals surface area contributed by atoms with Gasteiger partial charge in [-0.15, -0.1) is 0 Å². The number of hydroxylamine groups is 1. The van der Waals surface area contributed by atoms with Crippen LogP contribution in [0.5, 0.6) is 0 Å². The summed E-state index contributed by atoms with van der Waals surface area (Å²) in [7, 11) is 0. The molecule has 5 heteroatoms. The first-order chi connectivity index (χ1) is 5.25. The van der Waals surface area contributed by atoms with Crippen molar-refractivity contribution in [2.75, 3.05) is 6.54 Å². The average Bonchev–Trinajstić information content (AvgIpc) is 2.04.